The highest BCUT2D eigenvalue weighted by Crippen LogP contribution is 2.26. The molecule has 10 nitrogen and oxygen atoms in total. The predicted molar refractivity (Wildman–Crippen MR) is 142 cm³/mol. The van der Waals surface area contributed by atoms with Crippen molar-refractivity contribution in [1.82, 2.24) is 24.6 Å². The first kappa shape index (κ1) is 26.7. The minimum absolute atomic E-state index is 0.0747. The zero-order valence-corrected chi connectivity index (χ0v) is 21.7. The lowest BCUT2D eigenvalue weighted by molar-refractivity contribution is -0.137. The molecule has 0 bridgehead atoms. The average Bonchev–Trinajstić information content (AvgIpc) is 3.23. The number of carbonyl (C=O) groups is 3. The van der Waals surface area contributed by atoms with Crippen molar-refractivity contribution in [3.8, 4) is 0 Å². The molecule has 0 aliphatic carbocycles. The fourth-order valence-electron chi connectivity index (χ4n) is 3.89. The van der Waals surface area contributed by atoms with Gasteiger partial charge in [0.05, 0.1) is 34.3 Å². The molecular formula is C26H25ClFN7O3. The summed E-state index contributed by atoms with van der Waals surface area (Å²) in [6, 6.07) is 9.23. The van der Waals surface area contributed by atoms with E-state index >= 15 is 0 Å². The van der Waals surface area contributed by atoms with E-state index in [9.17, 15) is 18.8 Å². The Hall–Kier alpha value is -4.38. The minimum Gasteiger partial charge on any atom is -0.353 e. The molecule has 4 rings (SSSR count). The fraction of sp³-hybridized carbons (Fsp3) is 0.231. The number of anilines is 3. The number of hydrogen-bond acceptors (Lipinski definition) is 7. The first-order chi connectivity index (χ1) is 18.1. The molecule has 0 aliphatic rings. The number of hydrogen-bond donors (Lipinski definition) is 2. The van der Waals surface area contributed by atoms with Crippen LogP contribution in [0.15, 0.2) is 55.1 Å². The molecule has 196 valence electrons. The van der Waals surface area contributed by atoms with Crippen LogP contribution in [-0.2, 0) is 16.1 Å². The van der Waals surface area contributed by atoms with Gasteiger partial charge in [0.1, 0.15) is 25.1 Å². The molecule has 38 heavy (non-hydrogen) atoms. The Bertz CT molecular complexity index is 1510. The van der Waals surface area contributed by atoms with Gasteiger partial charge >= 0.3 is 0 Å². The van der Waals surface area contributed by atoms with Gasteiger partial charge in [0, 0.05) is 24.0 Å². The number of carbonyl (C=O) groups excluding carboxylic acids is 3. The summed E-state index contributed by atoms with van der Waals surface area (Å²) in [5, 5.41) is 10.5. The molecule has 4 aromatic rings. The van der Waals surface area contributed by atoms with Gasteiger partial charge in [-0.25, -0.2) is 14.4 Å². The zero-order valence-electron chi connectivity index (χ0n) is 20.9. The number of benzene rings is 2. The van der Waals surface area contributed by atoms with Crippen molar-refractivity contribution in [3.05, 3.63) is 71.7 Å². The maximum atomic E-state index is 14.2. The Labute approximate surface area is 222 Å². The van der Waals surface area contributed by atoms with Crippen molar-refractivity contribution in [2.45, 2.75) is 33.4 Å². The van der Waals surface area contributed by atoms with Crippen LogP contribution in [0.5, 0.6) is 0 Å². The number of rotatable bonds is 9. The maximum Gasteiger partial charge on any atom is 0.245 e. The number of ketones is 1. The minimum atomic E-state index is -0.752. The van der Waals surface area contributed by atoms with E-state index in [2.05, 4.69) is 25.7 Å². The third kappa shape index (κ3) is 5.94. The summed E-state index contributed by atoms with van der Waals surface area (Å²) in [6.07, 6.45) is 4.65. The molecule has 0 saturated heterocycles. The van der Waals surface area contributed by atoms with Gasteiger partial charge in [0.2, 0.25) is 11.8 Å². The van der Waals surface area contributed by atoms with Crippen LogP contribution in [0.25, 0.3) is 10.9 Å². The summed E-state index contributed by atoms with van der Waals surface area (Å²) in [4.78, 5) is 47.5. The van der Waals surface area contributed by atoms with Gasteiger partial charge in [-0.15, -0.1) is 0 Å². The molecule has 0 spiro atoms. The number of Topliss-reactive ketones (excluding diaryl/α,β-unsaturated/α-hetero) is 1. The van der Waals surface area contributed by atoms with Crippen molar-refractivity contribution in [1.29, 1.82) is 0 Å². The Morgan fingerprint density at radius 1 is 1.11 bits per heavy atom. The largest absolute Gasteiger partial charge is 0.353 e. The molecule has 0 radical (unpaired) electrons. The third-order valence-electron chi connectivity index (χ3n) is 5.70. The van der Waals surface area contributed by atoms with E-state index < -0.39 is 17.6 Å². The summed E-state index contributed by atoms with van der Waals surface area (Å²) >= 11 is 5.78. The summed E-state index contributed by atoms with van der Waals surface area (Å²) in [5.74, 6) is -1.99. The number of nitrogens with one attached hydrogen (secondary N) is 2. The van der Waals surface area contributed by atoms with E-state index in [0.717, 1.165) is 0 Å². The Balaban J connectivity index is 1.55. The molecule has 0 fully saturated rings. The van der Waals surface area contributed by atoms with E-state index in [-0.39, 0.29) is 41.3 Å². The van der Waals surface area contributed by atoms with Crippen LogP contribution in [0.1, 0.15) is 31.3 Å². The second-order valence-corrected chi connectivity index (χ2v) is 9.22. The highest BCUT2D eigenvalue weighted by atomic mass is 35.5. The standard InChI is InChI=1S/C26H25ClFN7O3/c1-15(2)34(12-23(37)32-21-6-4-5-20(27)25(21)28)24(38)13-35-22-8-7-17(31-18-10-29-14-30-11-18)9-19(22)26(33-35)16(3)36/h4-11,14-15,31H,12-13H2,1-3H3,(H,32,37). The highest BCUT2D eigenvalue weighted by Gasteiger charge is 2.24. The SMILES string of the molecule is CC(=O)c1nn(CC(=O)N(CC(=O)Nc2cccc(Cl)c2F)C(C)C)c2ccc(Nc3cncnc3)cc12. The first-order valence-electron chi connectivity index (χ1n) is 11.7. The van der Waals surface area contributed by atoms with Crippen molar-refractivity contribution in [2.75, 3.05) is 17.2 Å². The van der Waals surface area contributed by atoms with Crippen LogP contribution in [0.2, 0.25) is 5.02 Å². The molecule has 0 aliphatic heterocycles. The molecule has 0 saturated carbocycles. The summed E-state index contributed by atoms with van der Waals surface area (Å²) in [7, 11) is 0. The highest BCUT2D eigenvalue weighted by molar-refractivity contribution is 6.31. The number of fused-ring (bicyclic) bond motifs is 1. The van der Waals surface area contributed by atoms with Crippen LogP contribution in [0.3, 0.4) is 0 Å². The molecule has 0 unspecified atom stereocenters. The Morgan fingerprint density at radius 2 is 1.84 bits per heavy atom. The molecule has 2 aromatic heterocycles. The van der Waals surface area contributed by atoms with Crippen molar-refractivity contribution >= 4 is 57.2 Å². The lowest BCUT2D eigenvalue weighted by atomic mass is 10.1. The zero-order chi connectivity index (χ0) is 27.4. The summed E-state index contributed by atoms with van der Waals surface area (Å²) in [6.45, 7) is 4.41. The van der Waals surface area contributed by atoms with Gasteiger partial charge in [0.25, 0.3) is 0 Å². The monoisotopic (exact) mass is 537 g/mol. The van der Waals surface area contributed by atoms with Crippen LogP contribution >= 0.6 is 11.6 Å². The number of nitrogens with zero attached hydrogens (tertiary/aromatic N) is 5. The van der Waals surface area contributed by atoms with E-state index in [1.54, 1.807) is 44.4 Å². The van der Waals surface area contributed by atoms with Gasteiger partial charge < -0.3 is 15.5 Å². The van der Waals surface area contributed by atoms with Crippen LogP contribution < -0.4 is 10.6 Å². The second kappa shape index (κ2) is 11.3. The second-order valence-electron chi connectivity index (χ2n) is 8.81. The molecule has 2 N–H and O–H groups in total. The smallest absolute Gasteiger partial charge is 0.245 e. The van der Waals surface area contributed by atoms with Gasteiger partial charge in [-0.1, -0.05) is 17.7 Å². The van der Waals surface area contributed by atoms with Crippen molar-refractivity contribution < 1.29 is 18.8 Å². The topological polar surface area (TPSA) is 122 Å². The quantitative estimate of drug-likeness (QED) is 0.303. The van der Waals surface area contributed by atoms with Crippen LogP contribution in [-0.4, -0.2) is 54.8 Å². The molecular weight excluding hydrogens is 513 g/mol. The molecule has 2 aromatic carbocycles. The van der Waals surface area contributed by atoms with Gasteiger partial charge in [0.15, 0.2) is 11.6 Å². The molecule has 12 heteroatoms. The molecule has 0 atom stereocenters. The molecule has 2 amide bonds. The van der Waals surface area contributed by atoms with E-state index in [1.165, 1.54) is 41.0 Å². The lowest BCUT2D eigenvalue weighted by Crippen LogP contribution is -2.44. The number of aromatic nitrogens is 4. The van der Waals surface area contributed by atoms with Crippen molar-refractivity contribution in [2.24, 2.45) is 0 Å². The van der Waals surface area contributed by atoms with Gasteiger partial charge in [-0.3, -0.25) is 19.1 Å². The van der Waals surface area contributed by atoms with Crippen LogP contribution in [0, 0.1) is 5.82 Å². The van der Waals surface area contributed by atoms with Crippen molar-refractivity contribution in [3.63, 3.8) is 0 Å². The lowest BCUT2D eigenvalue weighted by Gasteiger charge is -2.26. The summed E-state index contributed by atoms with van der Waals surface area (Å²) in [5.41, 5.74) is 2.07. The molecule has 2 heterocycles. The van der Waals surface area contributed by atoms with E-state index in [4.69, 9.17) is 11.6 Å². The third-order valence-corrected chi connectivity index (χ3v) is 5.99. The maximum absolute atomic E-state index is 14.2. The van der Waals surface area contributed by atoms with E-state index in [0.29, 0.717) is 22.3 Å². The summed E-state index contributed by atoms with van der Waals surface area (Å²) < 4.78 is 15.6. The Morgan fingerprint density at radius 3 is 2.53 bits per heavy atom. The average molecular weight is 538 g/mol. The van der Waals surface area contributed by atoms with Crippen LogP contribution in [0.4, 0.5) is 21.5 Å². The fourth-order valence-corrected chi connectivity index (χ4v) is 4.06. The number of halogens is 2. The van der Waals surface area contributed by atoms with Gasteiger partial charge in [-0.05, 0) is 44.2 Å². The first-order valence-corrected chi connectivity index (χ1v) is 12.1. The van der Waals surface area contributed by atoms with E-state index in [1.807, 2.05) is 0 Å². The van der Waals surface area contributed by atoms with Gasteiger partial charge in [-0.2, -0.15) is 5.10 Å². The normalized spacial score (nSPS) is 11.0. The number of amides is 2. The predicted octanol–water partition coefficient (Wildman–Crippen LogP) is 4.44. The Kier molecular flexibility index (Phi) is 7.96.